The number of allylic oxidation sites excluding steroid dienone is 1. The highest BCUT2D eigenvalue weighted by atomic mass is 127. The summed E-state index contributed by atoms with van der Waals surface area (Å²) in [5.74, 6) is 0.943. The van der Waals surface area contributed by atoms with Gasteiger partial charge in [-0.05, 0) is 24.2 Å². The second-order valence-electron chi connectivity index (χ2n) is 5.18. The van der Waals surface area contributed by atoms with E-state index >= 15 is 0 Å². The number of benzene rings is 1. The maximum absolute atomic E-state index is 12.1. The highest BCUT2D eigenvalue weighted by Crippen LogP contribution is 2.32. The molecule has 0 unspecified atom stereocenters. The van der Waals surface area contributed by atoms with Crippen molar-refractivity contribution in [3.8, 4) is 5.75 Å². The second-order valence-corrected chi connectivity index (χ2v) is 11.0. The third-order valence-corrected chi connectivity index (χ3v) is 9.19. The van der Waals surface area contributed by atoms with Gasteiger partial charge in [-0.1, -0.05) is 68.1 Å². The van der Waals surface area contributed by atoms with Crippen molar-refractivity contribution in [1.82, 2.24) is 0 Å². The normalized spacial score (nSPS) is 11.2. The number of hydrogen-bond acceptors (Lipinski definition) is 2. The quantitative estimate of drug-likeness (QED) is 0.231. The first kappa shape index (κ1) is 18.4. The lowest BCUT2D eigenvalue weighted by Gasteiger charge is -2.30. The number of carbonyl (C=O) groups excluding carboxylic acids is 1. The molecule has 0 aromatic heterocycles. The number of ketones is 1. The molecule has 0 fully saturated rings. The summed E-state index contributed by atoms with van der Waals surface area (Å²) in [4.78, 5) is 12.1. The molecule has 2 nitrogen and oxygen atoms in total. The lowest BCUT2D eigenvalue weighted by atomic mass is 10.0. The van der Waals surface area contributed by atoms with Crippen molar-refractivity contribution in [2.45, 2.75) is 45.3 Å². The molecule has 0 radical (unpaired) electrons. The Kier molecular flexibility index (Phi) is 7.66. The Morgan fingerprint density at radius 3 is 2.29 bits per heavy atom. The molecule has 0 amide bonds. The Labute approximate surface area is 143 Å². The van der Waals surface area contributed by atoms with Crippen LogP contribution in [0.25, 0.3) is 5.57 Å². The number of Topliss-reactive ketones (excluding diaryl/α,β-unsaturated/α-hetero) is 1. The monoisotopic (exact) mass is 416 g/mol. The molecule has 0 saturated heterocycles. The minimum absolute atomic E-state index is 0.109. The largest absolute Gasteiger partial charge is 0.543 e. The first-order valence-corrected chi connectivity index (χ1v) is 11.7. The third kappa shape index (κ3) is 4.68. The van der Waals surface area contributed by atoms with Gasteiger partial charge in [-0.25, -0.2) is 0 Å². The van der Waals surface area contributed by atoms with E-state index in [0.29, 0.717) is 12.0 Å². The first-order chi connectivity index (χ1) is 10.0. The van der Waals surface area contributed by atoms with E-state index in [0.717, 1.165) is 33.9 Å². The van der Waals surface area contributed by atoms with Crippen LogP contribution in [-0.2, 0) is 4.79 Å². The molecule has 0 saturated carbocycles. The van der Waals surface area contributed by atoms with Gasteiger partial charge in [0.2, 0.25) is 0 Å². The number of alkyl halides is 1. The number of halogens is 1. The fourth-order valence-corrected chi connectivity index (χ4v) is 5.46. The van der Waals surface area contributed by atoms with Gasteiger partial charge in [0.25, 0.3) is 8.32 Å². The van der Waals surface area contributed by atoms with Crippen LogP contribution in [0.5, 0.6) is 5.75 Å². The van der Waals surface area contributed by atoms with Gasteiger partial charge in [-0.15, -0.1) is 0 Å². The van der Waals surface area contributed by atoms with E-state index in [1.165, 1.54) is 0 Å². The molecule has 0 N–H and O–H groups in total. The van der Waals surface area contributed by atoms with Gasteiger partial charge < -0.3 is 4.43 Å². The van der Waals surface area contributed by atoms with Crippen molar-refractivity contribution in [3.63, 3.8) is 0 Å². The summed E-state index contributed by atoms with van der Waals surface area (Å²) < 4.78 is 7.27. The Morgan fingerprint density at radius 1 is 1.19 bits per heavy atom. The molecular weight excluding hydrogens is 391 g/mol. The van der Waals surface area contributed by atoms with E-state index in [1.54, 1.807) is 0 Å². The van der Waals surface area contributed by atoms with Crippen molar-refractivity contribution in [2.75, 3.05) is 4.43 Å². The van der Waals surface area contributed by atoms with Crippen molar-refractivity contribution in [3.05, 3.63) is 36.4 Å². The zero-order chi connectivity index (χ0) is 15.9. The molecule has 1 rings (SSSR count). The summed E-state index contributed by atoms with van der Waals surface area (Å²) >= 11 is 2.22. The average molecular weight is 416 g/mol. The molecular formula is C17H25IO2Si. The molecule has 0 spiro atoms. The highest BCUT2D eigenvalue weighted by molar-refractivity contribution is 14.1. The van der Waals surface area contributed by atoms with Gasteiger partial charge in [-0.3, -0.25) is 4.79 Å². The van der Waals surface area contributed by atoms with Crippen molar-refractivity contribution in [2.24, 2.45) is 0 Å². The number of para-hydroxylation sites is 1. The summed E-state index contributed by atoms with van der Waals surface area (Å²) in [6.45, 7) is 10.6. The molecule has 0 atom stereocenters. The van der Waals surface area contributed by atoms with Crippen LogP contribution in [0.2, 0.25) is 18.1 Å². The van der Waals surface area contributed by atoms with Gasteiger partial charge in [0.05, 0.1) is 0 Å². The van der Waals surface area contributed by atoms with Gasteiger partial charge in [0, 0.05) is 22.0 Å². The topological polar surface area (TPSA) is 26.3 Å². The summed E-state index contributed by atoms with van der Waals surface area (Å²) in [6.07, 6.45) is 0.533. The van der Waals surface area contributed by atoms with E-state index in [9.17, 15) is 4.79 Å². The molecule has 1 aromatic carbocycles. The van der Waals surface area contributed by atoms with Crippen LogP contribution < -0.4 is 4.43 Å². The molecule has 21 heavy (non-hydrogen) atoms. The number of hydrogen-bond donors (Lipinski definition) is 0. The minimum Gasteiger partial charge on any atom is -0.543 e. The molecule has 0 aliphatic carbocycles. The molecule has 0 heterocycles. The van der Waals surface area contributed by atoms with Crippen LogP contribution in [0.4, 0.5) is 0 Å². The number of rotatable bonds is 9. The van der Waals surface area contributed by atoms with Crippen molar-refractivity contribution in [1.29, 1.82) is 0 Å². The van der Waals surface area contributed by atoms with Crippen LogP contribution in [0.1, 0.15) is 32.8 Å². The smallest absolute Gasteiger partial charge is 0.250 e. The lowest BCUT2D eigenvalue weighted by molar-refractivity contribution is -0.113. The zero-order valence-corrected chi connectivity index (χ0v) is 16.4. The SMILES string of the molecule is C=C(C(=O)CCI)c1ccccc1O[Si](CC)(CC)CC. The third-order valence-electron chi connectivity index (χ3n) is 4.13. The predicted octanol–water partition coefficient (Wildman–Crippen LogP) is 5.48. The molecule has 0 aliphatic heterocycles. The molecule has 0 aliphatic rings. The Bertz CT molecular complexity index is 487. The maximum atomic E-state index is 12.1. The van der Waals surface area contributed by atoms with Crippen molar-refractivity contribution >= 4 is 42.3 Å². The van der Waals surface area contributed by atoms with Crippen LogP contribution in [0, 0.1) is 0 Å². The molecule has 4 heteroatoms. The molecule has 0 bridgehead atoms. The second kappa shape index (κ2) is 8.73. The van der Waals surface area contributed by atoms with Crippen LogP contribution in [0.15, 0.2) is 30.8 Å². The molecule has 1 aromatic rings. The Morgan fingerprint density at radius 2 is 1.76 bits per heavy atom. The zero-order valence-electron chi connectivity index (χ0n) is 13.2. The Hall–Kier alpha value is -0.623. The highest BCUT2D eigenvalue weighted by Gasteiger charge is 2.31. The van der Waals surface area contributed by atoms with Crippen LogP contribution >= 0.6 is 22.6 Å². The summed E-state index contributed by atoms with van der Waals surface area (Å²) in [7, 11) is -1.74. The lowest BCUT2D eigenvalue weighted by Crippen LogP contribution is -2.39. The van der Waals surface area contributed by atoms with Crippen molar-refractivity contribution < 1.29 is 9.22 Å². The van der Waals surface area contributed by atoms with Gasteiger partial charge >= 0.3 is 0 Å². The minimum atomic E-state index is -1.74. The van der Waals surface area contributed by atoms with Crippen LogP contribution in [0.3, 0.4) is 0 Å². The van der Waals surface area contributed by atoms with Gasteiger partial charge in [-0.2, -0.15) is 0 Å². The van der Waals surface area contributed by atoms with Gasteiger partial charge in [0.15, 0.2) is 5.78 Å². The summed E-state index contributed by atoms with van der Waals surface area (Å²) in [5.41, 5.74) is 1.44. The van der Waals surface area contributed by atoms with E-state index in [1.807, 2.05) is 24.3 Å². The van der Waals surface area contributed by atoms with Gasteiger partial charge in [0.1, 0.15) is 5.75 Å². The van der Waals surface area contributed by atoms with E-state index in [-0.39, 0.29) is 5.78 Å². The fourth-order valence-electron chi connectivity index (χ4n) is 2.39. The standard InChI is InChI=1S/C17H25IO2Si/c1-5-21(6-2,7-3)20-17-11-9-8-10-15(17)14(4)16(19)12-13-18/h8-11H,4-7,12-13H2,1-3H3. The summed E-state index contributed by atoms with van der Waals surface area (Å²) in [5, 5.41) is 0. The maximum Gasteiger partial charge on any atom is 0.250 e. The number of carbonyl (C=O) groups is 1. The Balaban J connectivity index is 3.10. The van der Waals surface area contributed by atoms with E-state index in [2.05, 4.69) is 49.9 Å². The first-order valence-electron chi connectivity index (χ1n) is 7.60. The van der Waals surface area contributed by atoms with E-state index in [4.69, 9.17) is 4.43 Å². The summed E-state index contributed by atoms with van der Waals surface area (Å²) in [6, 6.07) is 11.1. The molecule has 116 valence electrons. The fraction of sp³-hybridized carbons (Fsp3) is 0.471. The predicted molar refractivity (Wildman–Crippen MR) is 102 cm³/mol. The van der Waals surface area contributed by atoms with E-state index < -0.39 is 8.32 Å². The average Bonchev–Trinajstić information content (AvgIpc) is 2.52. The van der Waals surface area contributed by atoms with Crippen LogP contribution in [-0.4, -0.2) is 18.5 Å².